The van der Waals surface area contributed by atoms with Gasteiger partial charge in [-0.15, -0.1) is 0 Å². The fraction of sp³-hybridized carbons (Fsp3) is 0.400. The SMILES string of the molecule is [B]N1CCC[C@H]1c1ncc(-c2ccc3c(c2)C(C)(C)c2cc(-c4cnc([C@@H]5CCCN5C)[nH]4)ccc2-3)[nH]1. The minimum Gasteiger partial charge on any atom is -0.345 e. The lowest BCUT2D eigenvalue weighted by Crippen LogP contribution is -2.20. The van der Waals surface area contributed by atoms with Crippen LogP contribution >= 0.6 is 0 Å². The number of benzene rings is 2. The van der Waals surface area contributed by atoms with Crippen molar-refractivity contribution in [3.05, 3.63) is 71.6 Å². The van der Waals surface area contributed by atoms with Crippen LogP contribution in [-0.4, -0.2) is 57.8 Å². The van der Waals surface area contributed by atoms with Gasteiger partial charge in [-0.3, -0.25) is 4.90 Å². The molecule has 0 bridgehead atoms. The summed E-state index contributed by atoms with van der Waals surface area (Å²) in [5, 5.41) is 0. The number of aromatic nitrogens is 4. The zero-order valence-corrected chi connectivity index (χ0v) is 21.9. The molecule has 7 rings (SSSR count). The molecule has 0 amide bonds. The first-order valence-electron chi connectivity index (χ1n) is 13.5. The van der Waals surface area contributed by atoms with Gasteiger partial charge in [0, 0.05) is 5.41 Å². The average Bonchev–Trinajstić information content (AvgIpc) is 3.71. The van der Waals surface area contributed by atoms with Crippen molar-refractivity contribution in [1.82, 2.24) is 29.6 Å². The van der Waals surface area contributed by atoms with Crippen LogP contribution in [0.1, 0.15) is 74.4 Å². The van der Waals surface area contributed by atoms with E-state index in [0.717, 1.165) is 49.0 Å². The van der Waals surface area contributed by atoms with Crippen molar-refractivity contribution in [2.24, 2.45) is 0 Å². The molecule has 186 valence electrons. The van der Waals surface area contributed by atoms with E-state index in [4.69, 9.17) is 13.0 Å². The number of aromatic amines is 2. The molecule has 0 unspecified atom stereocenters. The van der Waals surface area contributed by atoms with E-state index in [1.807, 2.05) is 17.2 Å². The highest BCUT2D eigenvalue weighted by atomic mass is 15.2. The zero-order chi connectivity index (χ0) is 25.3. The maximum Gasteiger partial charge on any atom is 0.183 e. The summed E-state index contributed by atoms with van der Waals surface area (Å²) < 4.78 is 0. The highest BCUT2D eigenvalue weighted by molar-refractivity contribution is 6.04. The Kier molecular flexibility index (Phi) is 5.24. The molecule has 2 atom stereocenters. The molecule has 2 fully saturated rings. The third kappa shape index (κ3) is 3.63. The Labute approximate surface area is 220 Å². The number of hydrogen-bond donors (Lipinski definition) is 2. The van der Waals surface area contributed by atoms with E-state index in [1.54, 1.807) is 0 Å². The highest BCUT2D eigenvalue weighted by Crippen LogP contribution is 2.50. The first kappa shape index (κ1) is 23.0. The third-order valence-electron chi connectivity index (χ3n) is 8.93. The summed E-state index contributed by atoms with van der Waals surface area (Å²) in [7, 11) is 8.36. The Bertz CT molecular complexity index is 1370. The fourth-order valence-corrected chi connectivity index (χ4v) is 6.72. The molecule has 2 aromatic heterocycles. The van der Waals surface area contributed by atoms with Crippen LogP contribution in [0.4, 0.5) is 0 Å². The number of H-pyrrole nitrogens is 2. The van der Waals surface area contributed by atoms with Crippen molar-refractivity contribution in [3.8, 4) is 33.6 Å². The molecule has 2 N–H and O–H groups in total. The molecule has 1 aliphatic carbocycles. The highest BCUT2D eigenvalue weighted by Gasteiger charge is 2.36. The molecule has 2 aliphatic heterocycles. The molecule has 2 radical (unpaired) electrons. The average molecular weight is 488 g/mol. The number of nitrogens with zero attached hydrogens (tertiary/aromatic N) is 4. The molecule has 0 spiro atoms. The van der Waals surface area contributed by atoms with Gasteiger partial charge < -0.3 is 14.8 Å². The van der Waals surface area contributed by atoms with Crippen molar-refractivity contribution in [2.75, 3.05) is 20.1 Å². The number of hydrogen-bond acceptors (Lipinski definition) is 4. The minimum atomic E-state index is -0.104. The number of imidazole rings is 2. The molecular weight excluding hydrogens is 455 g/mol. The van der Waals surface area contributed by atoms with Gasteiger partial charge in [0.25, 0.3) is 0 Å². The van der Waals surface area contributed by atoms with Gasteiger partial charge >= 0.3 is 0 Å². The van der Waals surface area contributed by atoms with Crippen LogP contribution in [0, 0.1) is 0 Å². The second kappa shape index (κ2) is 8.43. The topological polar surface area (TPSA) is 63.8 Å². The van der Waals surface area contributed by atoms with Gasteiger partial charge in [-0.05, 0) is 91.3 Å². The van der Waals surface area contributed by atoms with Gasteiger partial charge in [0.1, 0.15) is 11.6 Å². The van der Waals surface area contributed by atoms with Crippen molar-refractivity contribution < 1.29 is 0 Å². The maximum absolute atomic E-state index is 6.18. The molecule has 37 heavy (non-hydrogen) atoms. The van der Waals surface area contributed by atoms with Gasteiger partial charge in [0.15, 0.2) is 7.98 Å². The second-order valence-electron chi connectivity index (χ2n) is 11.5. The fourth-order valence-electron chi connectivity index (χ4n) is 6.72. The molecule has 2 saturated heterocycles. The molecular formula is C30H33BN6. The van der Waals surface area contributed by atoms with Crippen LogP contribution in [-0.2, 0) is 5.41 Å². The summed E-state index contributed by atoms with van der Waals surface area (Å²) in [4.78, 5) is 20.9. The Morgan fingerprint density at radius 2 is 1.35 bits per heavy atom. The summed E-state index contributed by atoms with van der Waals surface area (Å²) in [5.41, 5.74) is 9.75. The van der Waals surface area contributed by atoms with Crippen LogP contribution in [0.25, 0.3) is 33.6 Å². The van der Waals surface area contributed by atoms with E-state index >= 15 is 0 Å². The van der Waals surface area contributed by atoms with Gasteiger partial charge in [-0.2, -0.15) is 0 Å². The third-order valence-corrected chi connectivity index (χ3v) is 8.93. The normalized spacial score (nSPS) is 23.0. The lowest BCUT2D eigenvalue weighted by Gasteiger charge is -2.22. The number of fused-ring (bicyclic) bond motifs is 3. The number of likely N-dealkylation sites (tertiary alicyclic amines) is 1. The van der Waals surface area contributed by atoms with Crippen molar-refractivity contribution in [3.63, 3.8) is 0 Å². The maximum atomic E-state index is 6.18. The van der Waals surface area contributed by atoms with Gasteiger partial charge in [0.05, 0.1) is 35.9 Å². The summed E-state index contributed by atoms with van der Waals surface area (Å²) in [6.45, 7) is 6.73. The largest absolute Gasteiger partial charge is 0.345 e. The van der Waals surface area contributed by atoms with E-state index in [1.165, 1.54) is 46.2 Å². The van der Waals surface area contributed by atoms with Gasteiger partial charge in [0.2, 0.25) is 0 Å². The zero-order valence-electron chi connectivity index (χ0n) is 21.9. The summed E-state index contributed by atoms with van der Waals surface area (Å²) in [6.07, 6.45) is 8.51. The van der Waals surface area contributed by atoms with E-state index in [-0.39, 0.29) is 11.5 Å². The second-order valence-corrected chi connectivity index (χ2v) is 11.5. The Balaban J connectivity index is 1.21. The minimum absolute atomic E-state index is 0.104. The van der Waals surface area contributed by atoms with Crippen molar-refractivity contribution in [2.45, 2.75) is 57.0 Å². The lowest BCUT2D eigenvalue weighted by molar-refractivity contribution is 0.307. The molecule has 2 aromatic carbocycles. The predicted molar refractivity (Wildman–Crippen MR) is 148 cm³/mol. The Hall–Kier alpha value is -3.16. The van der Waals surface area contributed by atoms with E-state index in [2.05, 4.69) is 77.1 Å². The van der Waals surface area contributed by atoms with E-state index < -0.39 is 0 Å². The summed E-state index contributed by atoms with van der Waals surface area (Å²) in [5.74, 6) is 2.04. The van der Waals surface area contributed by atoms with Gasteiger partial charge in [-0.25, -0.2) is 9.97 Å². The Morgan fingerprint density at radius 3 is 1.86 bits per heavy atom. The standard InChI is InChI=1S/C30H33BN6/c1-30(2)22-14-18(24-16-32-28(34-24)26-6-4-12-36(26)3)8-10-20(22)21-11-9-19(15-23(21)30)25-17-33-29(35-25)27-7-5-13-37(27)31/h8-11,14-17,26-27H,4-7,12-13H2,1-3H3,(H,32,34)(H,33,35)/t26-,27-/m0/s1. The molecule has 4 heterocycles. The number of nitrogens with one attached hydrogen (secondary N) is 2. The predicted octanol–water partition coefficient (Wildman–Crippen LogP) is 5.76. The monoisotopic (exact) mass is 488 g/mol. The molecule has 4 aromatic rings. The van der Waals surface area contributed by atoms with Gasteiger partial charge in [-0.1, -0.05) is 38.1 Å². The lowest BCUT2D eigenvalue weighted by atomic mass is 9.81. The van der Waals surface area contributed by atoms with E-state index in [9.17, 15) is 0 Å². The smallest absolute Gasteiger partial charge is 0.183 e. The van der Waals surface area contributed by atoms with Crippen LogP contribution < -0.4 is 0 Å². The molecule has 7 heteroatoms. The van der Waals surface area contributed by atoms with Crippen molar-refractivity contribution >= 4 is 7.98 Å². The Morgan fingerprint density at radius 1 is 0.811 bits per heavy atom. The summed E-state index contributed by atoms with van der Waals surface area (Å²) in [6, 6.07) is 14.3. The van der Waals surface area contributed by atoms with Crippen LogP contribution in [0.2, 0.25) is 0 Å². The van der Waals surface area contributed by atoms with Crippen LogP contribution in [0.5, 0.6) is 0 Å². The van der Waals surface area contributed by atoms with Crippen LogP contribution in [0.3, 0.4) is 0 Å². The van der Waals surface area contributed by atoms with Crippen molar-refractivity contribution in [1.29, 1.82) is 0 Å². The summed E-state index contributed by atoms with van der Waals surface area (Å²) >= 11 is 0. The molecule has 0 saturated carbocycles. The van der Waals surface area contributed by atoms with E-state index in [0.29, 0.717) is 6.04 Å². The quantitative estimate of drug-likeness (QED) is 0.359. The van der Waals surface area contributed by atoms with Crippen LogP contribution in [0.15, 0.2) is 48.8 Å². The molecule has 6 nitrogen and oxygen atoms in total. The first-order valence-corrected chi connectivity index (χ1v) is 13.5. The molecule has 3 aliphatic rings. The number of rotatable bonds is 4. The first-order chi connectivity index (χ1) is 17.9.